The van der Waals surface area contributed by atoms with Gasteiger partial charge in [0.2, 0.25) is 5.88 Å². The van der Waals surface area contributed by atoms with Gasteiger partial charge in [0.1, 0.15) is 5.69 Å². The summed E-state index contributed by atoms with van der Waals surface area (Å²) in [4.78, 5) is 16.7. The normalized spacial score (nSPS) is 14.2. The summed E-state index contributed by atoms with van der Waals surface area (Å²) in [6.45, 7) is 1.93. The number of carbonyl (C=O) groups excluding carboxylic acids is 1. The molecule has 1 aromatic carbocycles. The number of H-pyrrole nitrogens is 1. The maximum absolute atomic E-state index is 11.4. The molecular weight excluding hydrogens is 268 g/mol. The minimum atomic E-state index is -0.711. The van der Waals surface area contributed by atoms with E-state index >= 15 is 0 Å². The highest BCUT2D eigenvalue weighted by molar-refractivity contribution is 5.84. The highest BCUT2D eigenvalue weighted by Gasteiger charge is 2.24. The fraction of sp³-hybridized carbons (Fsp3) is 0.312. The Bertz CT molecular complexity index is 616. The van der Waals surface area contributed by atoms with E-state index in [1.807, 2.05) is 36.5 Å². The van der Waals surface area contributed by atoms with Crippen LogP contribution in [0.5, 0.6) is 5.88 Å². The van der Waals surface area contributed by atoms with E-state index in [-0.39, 0.29) is 0 Å². The zero-order valence-corrected chi connectivity index (χ0v) is 12.0. The number of carbonyl (C=O) groups is 1. The number of aromatic amines is 1. The lowest BCUT2D eigenvalue weighted by Crippen LogP contribution is -2.19. The number of aromatic nitrogens is 1. The van der Waals surface area contributed by atoms with Crippen LogP contribution in [0.4, 0.5) is 10.5 Å². The second kappa shape index (κ2) is 5.91. The topological polar surface area (TPSA) is 54.6 Å². The minimum absolute atomic E-state index is 0.447. The van der Waals surface area contributed by atoms with Crippen LogP contribution in [0.25, 0.3) is 11.1 Å². The maximum atomic E-state index is 11.4. The van der Waals surface area contributed by atoms with Gasteiger partial charge < -0.3 is 19.4 Å². The highest BCUT2D eigenvalue weighted by Crippen LogP contribution is 2.40. The molecule has 2 heterocycles. The molecule has 110 valence electrons. The van der Waals surface area contributed by atoms with Crippen LogP contribution in [0, 0.1) is 0 Å². The molecule has 3 rings (SSSR count). The number of nitrogens with zero attached hydrogens (tertiary/aromatic N) is 1. The summed E-state index contributed by atoms with van der Waals surface area (Å²) in [5.74, 6) is 0.447. The smallest absolute Gasteiger partial charge is 0.437 e. The number of anilines is 1. The highest BCUT2D eigenvalue weighted by atomic mass is 16.7. The Kier molecular flexibility index (Phi) is 3.81. The Morgan fingerprint density at radius 1 is 1.19 bits per heavy atom. The molecule has 0 spiro atoms. The third-order valence-electron chi connectivity index (χ3n) is 3.68. The van der Waals surface area contributed by atoms with Gasteiger partial charge in [0.15, 0.2) is 0 Å². The van der Waals surface area contributed by atoms with Gasteiger partial charge in [-0.1, -0.05) is 30.3 Å². The van der Waals surface area contributed by atoms with E-state index in [1.54, 1.807) is 0 Å². The summed E-state index contributed by atoms with van der Waals surface area (Å²) in [6, 6.07) is 10.1. The lowest BCUT2D eigenvalue weighted by atomic mass is 10.1. The van der Waals surface area contributed by atoms with Gasteiger partial charge in [-0.2, -0.15) is 0 Å². The van der Waals surface area contributed by atoms with Gasteiger partial charge in [-0.3, -0.25) is 0 Å². The summed E-state index contributed by atoms with van der Waals surface area (Å²) in [6.07, 6.45) is 3.46. The van der Waals surface area contributed by atoms with E-state index in [1.165, 1.54) is 7.11 Å². The summed E-state index contributed by atoms with van der Waals surface area (Å²) in [5, 5.41) is 0. The molecule has 1 aliphatic rings. The third-order valence-corrected chi connectivity index (χ3v) is 3.68. The molecular formula is C16H18N2O3. The van der Waals surface area contributed by atoms with Gasteiger partial charge >= 0.3 is 6.16 Å². The second-order valence-corrected chi connectivity index (χ2v) is 5.00. The Hall–Kier alpha value is -2.43. The van der Waals surface area contributed by atoms with Crippen molar-refractivity contribution in [3.63, 3.8) is 0 Å². The van der Waals surface area contributed by atoms with Gasteiger partial charge in [0.05, 0.1) is 7.11 Å². The van der Waals surface area contributed by atoms with Crippen LogP contribution in [-0.2, 0) is 4.74 Å². The monoisotopic (exact) mass is 286 g/mol. The van der Waals surface area contributed by atoms with Crippen LogP contribution in [0.1, 0.15) is 12.8 Å². The quantitative estimate of drug-likeness (QED) is 0.878. The molecule has 0 radical (unpaired) electrons. The average molecular weight is 286 g/mol. The minimum Gasteiger partial charge on any atom is -0.437 e. The number of rotatable bonds is 3. The van der Waals surface area contributed by atoms with E-state index in [2.05, 4.69) is 14.6 Å². The zero-order valence-electron chi connectivity index (χ0n) is 12.0. The van der Waals surface area contributed by atoms with Gasteiger partial charge in [-0.15, -0.1) is 0 Å². The van der Waals surface area contributed by atoms with Crippen LogP contribution < -0.4 is 9.64 Å². The van der Waals surface area contributed by atoms with Crippen molar-refractivity contribution < 1.29 is 14.3 Å². The predicted octanol–water partition coefficient (Wildman–Crippen LogP) is 3.43. The lowest BCUT2D eigenvalue weighted by molar-refractivity contribution is 0.120. The molecule has 0 unspecified atom stereocenters. The SMILES string of the molecule is COC(=O)Oc1[nH]cc(-c2ccccc2)c1N1CCCC1. The molecule has 1 N–H and O–H groups in total. The van der Waals surface area contributed by atoms with Crippen molar-refractivity contribution in [3.8, 4) is 17.0 Å². The van der Waals surface area contributed by atoms with Crippen molar-refractivity contribution >= 4 is 11.8 Å². The molecule has 1 saturated heterocycles. The van der Waals surface area contributed by atoms with E-state index in [0.717, 1.165) is 42.7 Å². The van der Waals surface area contributed by atoms with E-state index in [9.17, 15) is 4.79 Å². The van der Waals surface area contributed by atoms with Gasteiger partial charge in [0.25, 0.3) is 0 Å². The van der Waals surface area contributed by atoms with Gasteiger partial charge in [-0.05, 0) is 18.4 Å². The van der Waals surface area contributed by atoms with Crippen LogP contribution in [-0.4, -0.2) is 31.3 Å². The van der Waals surface area contributed by atoms with Crippen molar-refractivity contribution in [1.82, 2.24) is 4.98 Å². The molecule has 1 aromatic heterocycles. The fourth-order valence-corrected chi connectivity index (χ4v) is 2.69. The van der Waals surface area contributed by atoms with Crippen molar-refractivity contribution in [2.75, 3.05) is 25.1 Å². The molecule has 0 bridgehead atoms. The lowest BCUT2D eigenvalue weighted by Gasteiger charge is -2.19. The molecule has 1 fully saturated rings. The molecule has 0 saturated carbocycles. The van der Waals surface area contributed by atoms with Crippen LogP contribution in [0.3, 0.4) is 0 Å². The predicted molar refractivity (Wildman–Crippen MR) is 80.7 cm³/mol. The number of ether oxygens (including phenoxy) is 2. The summed E-state index contributed by atoms with van der Waals surface area (Å²) in [5.41, 5.74) is 3.07. The molecule has 5 nitrogen and oxygen atoms in total. The van der Waals surface area contributed by atoms with Crippen molar-refractivity contribution in [3.05, 3.63) is 36.5 Å². The van der Waals surface area contributed by atoms with Gasteiger partial charge in [-0.25, -0.2) is 4.79 Å². The Balaban J connectivity index is 2.01. The van der Waals surface area contributed by atoms with Crippen molar-refractivity contribution in [2.24, 2.45) is 0 Å². The summed E-state index contributed by atoms with van der Waals surface area (Å²) in [7, 11) is 1.30. The number of hydrogen-bond donors (Lipinski definition) is 1. The standard InChI is InChI=1S/C16H18N2O3/c1-20-16(19)21-15-14(18-9-5-6-10-18)13(11-17-15)12-7-3-2-4-8-12/h2-4,7-8,11,17H,5-6,9-10H2,1H3. The molecule has 0 aliphatic carbocycles. The summed E-state index contributed by atoms with van der Waals surface area (Å²) < 4.78 is 9.84. The first kappa shape index (κ1) is 13.5. The average Bonchev–Trinajstić information content (AvgIpc) is 3.17. The van der Waals surface area contributed by atoms with Crippen molar-refractivity contribution in [1.29, 1.82) is 0 Å². The number of nitrogens with one attached hydrogen (secondary N) is 1. The van der Waals surface area contributed by atoms with Crippen LogP contribution in [0.15, 0.2) is 36.5 Å². The first-order chi connectivity index (χ1) is 10.3. The number of hydrogen-bond acceptors (Lipinski definition) is 4. The van der Waals surface area contributed by atoms with Crippen LogP contribution >= 0.6 is 0 Å². The Morgan fingerprint density at radius 2 is 1.90 bits per heavy atom. The van der Waals surface area contributed by atoms with Crippen LogP contribution in [0.2, 0.25) is 0 Å². The molecule has 5 heteroatoms. The molecule has 0 atom stereocenters. The first-order valence-corrected chi connectivity index (χ1v) is 7.07. The maximum Gasteiger partial charge on any atom is 0.514 e. The molecule has 21 heavy (non-hydrogen) atoms. The Morgan fingerprint density at radius 3 is 2.57 bits per heavy atom. The van der Waals surface area contributed by atoms with Gasteiger partial charge in [0, 0.05) is 24.8 Å². The number of benzene rings is 1. The number of methoxy groups -OCH3 is 1. The summed E-state index contributed by atoms with van der Waals surface area (Å²) >= 11 is 0. The Labute approximate surface area is 123 Å². The first-order valence-electron chi connectivity index (χ1n) is 7.07. The largest absolute Gasteiger partial charge is 0.514 e. The third kappa shape index (κ3) is 2.72. The fourth-order valence-electron chi connectivity index (χ4n) is 2.69. The van der Waals surface area contributed by atoms with E-state index in [0.29, 0.717) is 5.88 Å². The van der Waals surface area contributed by atoms with E-state index in [4.69, 9.17) is 4.74 Å². The second-order valence-electron chi connectivity index (χ2n) is 5.00. The molecule has 2 aromatic rings. The molecule has 1 aliphatic heterocycles. The van der Waals surface area contributed by atoms with E-state index < -0.39 is 6.16 Å². The molecule has 0 amide bonds. The van der Waals surface area contributed by atoms with Crippen molar-refractivity contribution in [2.45, 2.75) is 12.8 Å². The zero-order chi connectivity index (χ0) is 14.7.